The molecule has 14 heteroatoms. The first kappa shape index (κ1) is 32.0. The number of halogens is 1. The van der Waals surface area contributed by atoms with Crippen LogP contribution in [0.4, 0.5) is 10.5 Å². The first-order chi connectivity index (χ1) is 20.3. The fourth-order valence-corrected chi connectivity index (χ4v) is 6.66. The molecule has 1 saturated heterocycles. The molecule has 0 saturated carbocycles. The lowest BCUT2D eigenvalue weighted by Crippen LogP contribution is -2.32. The number of benzene rings is 3. The fourth-order valence-electron chi connectivity index (χ4n) is 4.15. The van der Waals surface area contributed by atoms with E-state index in [0.717, 1.165) is 39.9 Å². The smallest absolute Gasteiger partial charge is 0.339 e. The second kappa shape index (κ2) is 13.2. The van der Waals surface area contributed by atoms with Crippen LogP contribution in [0.2, 0.25) is 0 Å². The topological polar surface area (TPSA) is 142 Å². The third kappa shape index (κ3) is 7.37. The number of amides is 2. The van der Waals surface area contributed by atoms with Crippen molar-refractivity contribution in [2.45, 2.75) is 31.6 Å². The Balaban J connectivity index is 1.51. The number of hydrogen-bond donors (Lipinski definition) is 0. The van der Waals surface area contributed by atoms with Crippen molar-refractivity contribution in [2.24, 2.45) is 0 Å². The first-order valence-electron chi connectivity index (χ1n) is 12.9. The van der Waals surface area contributed by atoms with Crippen LogP contribution in [0.5, 0.6) is 17.2 Å². The molecular weight excluding hydrogens is 664 g/mol. The van der Waals surface area contributed by atoms with Crippen LogP contribution in [0.25, 0.3) is 6.08 Å². The van der Waals surface area contributed by atoms with Crippen molar-refractivity contribution in [2.75, 3.05) is 20.3 Å². The number of non-ortho nitro benzene ring substituents is 1. The highest BCUT2D eigenvalue weighted by atomic mass is 79.9. The van der Waals surface area contributed by atoms with Gasteiger partial charge in [-0.3, -0.25) is 24.6 Å². The van der Waals surface area contributed by atoms with Crippen LogP contribution >= 0.6 is 27.7 Å². The molecule has 226 valence electrons. The van der Waals surface area contributed by atoms with Gasteiger partial charge in [0, 0.05) is 12.1 Å². The third-order valence-corrected chi connectivity index (χ3v) is 9.01. The standard InChI is InChI=1S/C29H27BrN2O9S2/c1-17(2)22-9-8-18(3)12-24(22)40-11-10-31-28(33)26(42-29(31)34)15-19-13-23(30)27(25(14-19)39-4)41-43(37,38)21-7-5-6-20(16-21)32(35)36/h5-9,12-17H,10-11H2,1-4H3/b26-15-. The van der Waals surface area contributed by atoms with E-state index in [2.05, 4.69) is 29.8 Å². The minimum absolute atomic E-state index is 0.00127. The van der Waals surface area contributed by atoms with E-state index in [1.54, 1.807) is 0 Å². The van der Waals surface area contributed by atoms with Gasteiger partial charge in [-0.25, -0.2) is 0 Å². The van der Waals surface area contributed by atoms with Gasteiger partial charge in [0.25, 0.3) is 16.8 Å². The van der Waals surface area contributed by atoms with Crippen molar-refractivity contribution in [3.05, 3.63) is 90.8 Å². The highest BCUT2D eigenvalue weighted by Gasteiger charge is 2.35. The van der Waals surface area contributed by atoms with E-state index in [1.807, 2.05) is 25.1 Å². The SMILES string of the molecule is COc1cc(/C=C2\SC(=O)N(CCOc3cc(C)ccc3C(C)C)C2=O)cc(Br)c1OS(=O)(=O)c1cccc([N+](=O)[O-])c1. The number of imide groups is 1. The summed E-state index contributed by atoms with van der Waals surface area (Å²) in [5, 5.41) is 10.6. The normalized spacial score (nSPS) is 14.5. The molecule has 4 rings (SSSR count). The average molecular weight is 692 g/mol. The Morgan fingerprint density at radius 1 is 1.09 bits per heavy atom. The van der Waals surface area contributed by atoms with E-state index in [-0.39, 0.29) is 39.9 Å². The zero-order chi connectivity index (χ0) is 31.5. The summed E-state index contributed by atoms with van der Waals surface area (Å²) >= 11 is 4.05. The van der Waals surface area contributed by atoms with Gasteiger partial charge >= 0.3 is 10.1 Å². The number of carbonyl (C=O) groups excluding carboxylic acids is 2. The molecule has 11 nitrogen and oxygen atoms in total. The molecule has 0 aromatic heterocycles. The largest absolute Gasteiger partial charge is 0.493 e. The fraction of sp³-hybridized carbons (Fsp3) is 0.241. The molecule has 0 spiro atoms. The van der Waals surface area contributed by atoms with Crippen LogP contribution in [0.15, 0.2) is 68.9 Å². The van der Waals surface area contributed by atoms with E-state index >= 15 is 0 Å². The molecule has 0 aliphatic carbocycles. The molecule has 1 fully saturated rings. The van der Waals surface area contributed by atoms with E-state index in [1.165, 1.54) is 37.5 Å². The molecule has 1 aliphatic heterocycles. The summed E-state index contributed by atoms with van der Waals surface area (Å²) in [5.74, 6) is 0.262. The molecule has 1 aliphatic rings. The summed E-state index contributed by atoms with van der Waals surface area (Å²) in [6.45, 7) is 6.25. The first-order valence-corrected chi connectivity index (χ1v) is 15.9. The van der Waals surface area contributed by atoms with Crippen molar-refractivity contribution in [1.29, 1.82) is 0 Å². The molecule has 2 amide bonds. The Morgan fingerprint density at radius 2 is 1.84 bits per heavy atom. The lowest BCUT2D eigenvalue weighted by Gasteiger charge is -2.17. The van der Waals surface area contributed by atoms with Gasteiger partial charge < -0.3 is 13.7 Å². The second-order valence-electron chi connectivity index (χ2n) is 9.70. The number of methoxy groups -OCH3 is 1. The number of aryl methyl sites for hydroxylation is 1. The van der Waals surface area contributed by atoms with Gasteiger partial charge in [0.1, 0.15) is 17.3 Å². The van der Waals surface area contributed by atoms with Crippen molar-refractivity contribution < 1.29 is 36.6 Å². The Labute approximate surface area is 261 Å². The number of nitro benzene ring substituents is 1. The lowest BCUT2D eigenvalue weighted by atomic mass is 10.0. The van der Waals surface area contributed by atoms with Gasteiger partial charge in [0.2, 0.25) is 0 Å². The number of nitrogens with zero attached hydrogens (tertiary/aromatic N) is 2. The maximum absolute atomic E-state index is 13.1. The maximum atomic E-state index is 13.1. The van der Waals surface area contributed by atoms with Crippen LogP contribution in [0, 0.1) is 17.0 Å². The number of hydrogen-bond acceptors (Lipinski definition) is 10. The van der Waals surface area contributed by atoms with E-state index < -0.39 is 36.8 Å². The van der Waals surface area contributed by atoms with Crippen LogP contribution in [0.3, 0.4) is 0 Å². The molecule has 0 atom stereocenters. The number of thioether (sulfide) groups is 1. The summed E-state index contributed by atoms with van der Waals surface area (Å²) < 4.78 is 42.5. The number of rotatable bonds is 11. The molecule has 0 bridgehead atoms. The lowest BCUT2D eigenvalue weighted by molar-refractivity contribution is -0.385. The van der Waals surface area contributed by atoms with Crippen LogP contribution in [-0.4, -0.2) is 49.6 Å². The molecule has 1 heterocycles. The van der Waals surface area contributed by atoms with Gasteiger partial charge in [-0.15, -0.1) is 0 Å². The molecule has 3 aromatic carbocycles. The average Bonchev–Trinajstić information content (AvgIpc) is 3.21. The summed E-state index contributed by atoms with van der Waals surface area (Å²) in [6, 6.07) is 13.3. The summed E-state index contributed by atoms with van der Waals surface area (Å²) in [6.07, 6.45) is 1.48. The van der Waals surface area contributed by atoms with Gasteiger partial charge in [0.15, 0.2) is 11.5 Å². The van der Waals surface area contributed by atoms with E-state index in [0.29, 0.717) is 11.3 Å². The number of ether oxygens (including phenoxy) is 2. The molecule has 0 unspecified atom stereocenters. The zero-order valence-electron chi connectivity index (χ0n) is 23.5. The summed E-state index contributed by atoms with van der Waals surface area (Å²) in [7, 11) is -3.18. The predicted octanol–water partition coefficient (Wildman–Crippen LogP) is 6.68. The van der Waals surface area contributed by atoms with Crippen LogP contribution in [-0.2, 0) is 14.9 Å². The van der Waals surface area contributed by atoms with Gasteiger partial charge in [-0.1, -0.05) is 32.0 Å². The summed E-state index contributed by atoms with van der Waals surface area (Å²) in [5.41, 5.74) is 2.08. The number of carbonyl (C=O) groups is 2. The monoisotopic (exact) mass is 690 g/mol. The minimum atomic E-state index is -4.47. The Kier molecular flexibility index (Phi) is 9.82. The minimum Gasteiger partial charge on any atom is -0.493 e. The second-order valence-corrected chi connectivity index (χ2v) is 13.1. The van der Waals surface area contributed by atoms with Crippen molar-refractivity contribution in [1.82, 2.24) is 4.90 Å². The number of nitro groups is 1. The van der Waals surface area contributed by atoms with Gasteiger partial charge in [-0.05, 0) is 87.6 Å². The maximum Gasteiger partial charge on any atom is 0.339 e. The molecule has 0 N–H and O–H groups in total. The van der Waals surface area contributed by atoms with Crippen molar-refractivity contribution >= 4 is 60.7 Å². The van der Waals surface area contributed by atoms with Crippen LogP contribution < -0.4 is 13.7 Å². The van der Waals surface area contributed by atoms with Crippen molar-refractivity contribution in [3.8, 4) is 17.2 Å². The molecule has 43 heavy (non-hydrogen) atoms. The molecular formula is C29H27BrN2O9S2. The Morgan fingerprint density at radius 3 is 2.51 bits per heavy atom. The molecule has 0 radical (unpaired) electrons. The third-order valence-electron chi connectivity index (χ3n) is 6.30. The van der Waals surface area contributed by atoms with E-state index in [9.17, 15) is 28.1 Å². The molecule has 3 aromatic rings. The van der Waals surface area contributed by atoms with Gasteiger partial charge in [-0.2, -0.15) is 8.42 Å². The van der Waals surface area contributed by atoms with Crippen LogP contribution in [0.1, 0.15) is 36.5 Å². The highest BCUT2D eigenvalue weighted by Crippen LogP contribution is 2.40. The van der Waals surface area contributed by atoms with E-state index in [4.69, 9.17) is 13.7 Å². The van der Waals surface area contributed by atoms with Gasteiger partial charge in [0.05, 0.1) is 28.0 Å². The summed E-state index contributed by atoms with van der Waals surface area (Å²) in [4.78, 5) is 37.0. The predicted molar refractivity (Wildman–Crippen MR) is 165 cm³/mol. The Bertz CT molecular complexity index is 1740. The quantitative estimate of drug-likeness (QED) is 0.0925. The Hall–Kier alpha value is -3.88. The highest BCUT2D eigenvalue weighted by molar-refractivity contribution is 9.10. The van der Waals surface area contributed by atoms with Crippen molar-refractivity contribution in [3.63, 3.8) is 0 Å². The zero-order valence-corrected chi connectivity index (χ0v) is 26.7.